The molecule has 8 heteroatoms. The second-order valence-electron chi connectivity index (χ2n) is 6.86. The Morgan fingerprint density at radius 2 is 2.18 bits per heavy atom. The molecular formula is C20H32N4O3S. The Morgan fingerprint density at radius 1 is 1.36 bits per heavy atom. The molecule has 1 fully saturated rings. The van der Waals surface area contributed by atoms with Gasteiger partial charge in [0, 0.05) is 53.6 Å². The van der Waals surface area contributed by atoms with Crippen LogP contribution < -0.4 is 20.7 Å². The number of ether oxygens (including phenoxy) is 1. The summed E-state index contributed by atoms with van der Waals surface area (Å²) in [5.41, 5.74) is 0.715. The number of nitrogens with one attached hydrogen (secondary N) is 3. The van der Waals surface area contributed by atoms with E-state index in [0.29, 0.717) is 30.6 Å². The van der Waals surface area contributed by atoms with E-state index < -0.39 is 10.8 Å². The quantitative estimate of drug-likeness (QED) is 0.349. The molecule has 28 heavy (non-hydrogen) atoms. The van der Waals surface area contributed by atoms with Gasteiger partial charge in [-0.1, -0.05) is 19.4 Å². The average Bonchev–Trinajstić information content (AvgIpc) is 2.69. The van der Waals surface area contributed by atoms with Gasteiger partial charge in [0.1, 0.15) is 12.4 Å². The van der Waals surface area contributed by atoms with Gasteiger partial charge >= 0.3 is 0 Å². The van der Waals surface area contributed by atoms with Gasteiger partial charge in [-0.05, 0) is 31.4 Å². The van der Waals surface area contributed by atoms with E-state index in [2.05, 4.69) is 20.9 Å². The van der Waals surface area contributed by atoms with Gasteiger partial charge in [0.15, 0.2) is 5.96 Å². The van der Waals surface area contributed by atoms with Gasteiger partial charge in [0.2, 0.25) is 5.91 Å². The Morgan fingerprint density at radius 3 is 2.89 bits per heavy atom. The normalized spacial score (nSPS) is 20.9. The third kappa shape index (κ3) is 7.50. The molecule has 0 aliphatic heterocycles. The standard InChI is InChI=1S/C20H32N4O3S/c1-4-28(26)19-10-6-8-17(14-19)24-20(21-3)22-11-12-27-18-9-5-7-16(13-18)23-15(2)25/h5,7,9,13,17,19H,4,6,8,10-12,14H2,1-3H3,(H,23,25)(H2,21,22,24). The Balaban J connectivity index is 1.74. The van der Waals surface area contributed by atoms with Crippen LogP contribution in [-0.4, -0.2) is 53.3 Å². The van der Waals surface area contributed by atoms with Crippen molar-refractivity contribution in [1.29, 1.82) is 0 Å². The van der Waals surface area contributed by atoms with E-state index in [1.165, 1.54) is 6.92 Å². The third-order valence-electron chi connectivity index (χ3n) is 4.66. The highest BCUT2D eigenvalue weighted by atomic mass is 32.2. The summed E-state index contributed by atoms with van der Waals surface area (Å²) in [6.45, 7) is 4.53. The van der Waals surface area contributed by atoms with E-state index in [0.717, 1.165) is 37.4 Å². The highest BCUT2D eigenvalue weighted by molar-refractivity contribution is 7.85. The first kappa shape index (κ1) is 22.2. The molecule has 0 bridgehead atoms. The van der Waals surface area contributed by atoms with Crippen LogP contribution in [0.25, 0.3) is 0 Å². The Bertz CT molecular complexity index is 696. The maximum atomic E-state index is 12.1. The van der Waals surface area contributed by atoms with Crippen molar-refractivity contribution in [2.24, 2.45) is 4.99 Å². The summed E-state index contributed by atoms with van der Waals surface area (Å²) < 4.78 is 17.8. The van der Waals surface area contributed by atoms with Gasteiger partial charge in [0.05, 0.1) is 6.54 Å². The number of rotatable bonds is 8. The minimum absolute atomic E-state index is 0.110. The van der Waals surface area contributed by atoms with Crippen molar-refractivity contribution in [2.45, 2.75) is 50.8 Å². The van der Waals surface area contributed by atoms with Crippen LogP contribution in [0, 0.1) is 0 Å². The topological polar surface area (TPSA) is 91.8 Å². The van der Waals surface area contributed by atoms with Crippen molar-refractivity contribution in [2.75, 3.05) is 31.3 Å². The van der Waals surface area contributed by atoms with Gasteiger partial charge in [0.25, 0.3) is 0 Å². The number of carbonyl (C=O) groups is 1. The molecule has 1 aliphatic rings. The first-order valence-electron chi connectivity index (χ1n) is 9.86. The molecule has 3 N–H and O–H groups in total. The first-order valence-corrected chi connectivity index (χ1v) is 11.2. The number of benzene rings is 1. The van der Waals surface area contributed by atoms with Crippen LogP contribution in [0.2, 0.25) is 0 Å². The molecule has 1 aliphatic carbocycles. The van der Waals surface area contributed by atoms with E-state index in [4.69, 9.17) is 4.74 Å². The van der Waals surface area contributed by atoms with E-state index in [9.17, 15) is 9.00 Å². The third-order valence-corrected chi connectivity index (χ3v) is 6.41. The lowest BCUT2D eigenvalue weighted by atomic mass is 9.95. The number of aliphatic imine (C=N–C) groups is 1. The Kier molecular flexibility index (Phi) is 9.27. The van der Waals surface area contributed by atoms with E-state index in [-0.39, 0.29) is 11.2 Å². The summed E-state index contributed by atoms with van der Waals surface area (Å²) in [6.07, 6.45) is 4.15. The molecule has 3 unspecified atom stereocenters. The van der Waals surface area contributed by atoms with Gasteiger partial charge in [-0.15, -0.1) is 0 Å². The summed E-state index contributed by atoms with van der Waals surface area (Å²) in [5.74, 6) is 2.06. The van der Waals surface area contributed by atoms with E-state index in [1.807, 2.05) is 25.1 Å². The van der Waals surface area contributed by atoms with Gasteiger partial charge in [-0.25, -0.2) is 0 Å². The van der Waals surface area contributed by atoms with Crippen molar-refractivity contribution >= 4 is 28.4 Å². The number of carbonyl (C=O) groups excluding carboxylic acids is 1. The summed E-state index contributed by atoms with van der Waals surface area (Å²) in [6, 6.07) is 7.62. The van der Waals surface area contributed by atoms with Gasteiger partial charge in [-0.3, -0.25) is 14.0 Å². The number of guanidine groups is 1. The second kappa shape index (κ2) is 11.7. The summed E-state index contributed by atoms with van der Waals surface area (Å²) in [5, 5.41) is 9.73. The largest absolute Gasteiger partial charge is 0.492 e. The zero-order chi connectivity index (χ0) is 20.4. The van der Waals surface area contributed by atoms with Crippen LogP contribution in [0.15, 0.2) is 29.3 Å². The minimum Gasteiger partial charge on any atom is -0.492 e. The number of nitrogens with zero attached hydrogens (tertiary/aromatic N) is 1. The van der Waals surface area contributed by atoms with Gasteiger partial charge < -0.3 is 20.7 Å². The predicted molar refractivity (Wildman–Crippen MR) is 115 cm³/mol. The average molecular weight is 409 g/mol. The maximum Gasteiger partial charge on any atom is 0.221 e. The van der Waals surface area contributed by atoms with Crippen molar-refractivity contribution in [3.63, 3.8) is 0 Å². The lowest BCUT2D eigenvalue weighted by Crippen LogP contribution is -2.47. The lowest BCUT2D eigenvalue weighted by molar-refractivity contribution is -0.114. The molecule has 0 radical (unpaired) electrons. The smallest absolute Gasteiger partial charge is 0.221 e. The van der Waals surface area contributed by atoms with Crippen molar-refractivity contribution < 1.29 is 13.7 Å². The number of hydrogen-bond donors (Lipinski definition) is 3. The zero-order valence-corrected chi connectivity index (χ0v) is 17.8. The molecule has 1 aromatic carbocycles. The molecule has 1 saturated carbocycles. The Hall–Kier alpha value is -2.09. The zero-order valence-electron chi connectivity index (χ0n) is 17.0. The van der Waals surface area contributed by atoms with Gasteiger partial charge in [-0.2, -0.15) is 0 Å². The minimum atomic E-state index is -0.731. The molecule has 0 spiro atoms. The molecule has 0 aromatic heterocycles. The molecule has 1 amide bonds. The summed E-state index contributed by atoms with van der Waals surface area (Å²) in [4.78, 5) is 15.4. The van der Waals surface area contributed by atoms with E-state index >= 15 is 0 Å². The summed E-state index contributed by atoms with van der Waals surface area (Å²) in [7, 11) is 1.02. The fourth-order valence-corrected chi connectivity index (χ4v) is 4.69. The molecule has 1 aromatic rings. The number of hydrogen-bond acceptors (Lipinski definition) is 4. The van der Waals surface area contributed by atoms with Crippen LogP contribution >= 0.6 is 0 Å². The molecule has 0 saturated heterocycles. The van der Waals surface area contributed by atoms with Crippen LogP contribution in [-0.2, 0) is 15.6 Å². The molecule has 2 rings (SSSR count). The molecule has 0 heterocycles. The van der Waals surface area contributed by atoms with Crippen molar-refractivity contribution in [3.8, 4) is 5.75 Å². The molecule has 156 valence electrons. The highest BCUT2D eigenvalue weighted by Crippen LogP contribution is 2.23. The maximum absolute atomic E-state index is 12.1. The van der Waals surface area contributed by atoms with Crippen LogP contribution in [0.4, 0.5) is 5.69 Å². The molecule has 7 nitrogen and oxygen atoms in total. The van der Waals surface area contributed by atoms with Crippen LogP contribution in [0.5, 0.6) is 5.75 Å². The first-order chi connectivity index (χ1) is 13.5. The number of amides is 1. The fraction of sp³-hybridized carbons (Fsp3) is 0.600. The lowest BCUT2D eigenvalue weighted by Gasteiger charge is -2.30. The van der Waals surface area contributed by atoms with E-state index in [1.54, 1.807) is 13.1 Å². The predicted octanol–water partition coefficient (Wildman–Crippen LogP) is 2.27. The Labute approximate surface area is 170 Å². The SMILES string of the molecule is CCS(=O)C1CCCC(NC(=NC)NCCOc2cccc(NC(C)=O)c2)C1. The van der Waals surface area contributed by atoms with Crippen molar-refractivity contribution in [3.05, 3.63) is 24.3 Å². The highest BCUT2D eigenvalue weighted by Gasteiger charge is 2.25. The fourth-order valence-electron chi connectivity index (χ4n) is 3.34. The second-order valence-corrected chi connectivity index (χ2v) is 8.86. The van der Waals surface area contributed by atoms with Crippen LogP contribution in [0.3, 0.4) is 0 Å². The summed E-state index contributed by atoms with van der Waals surface area (Å²) >= 11 is 0. The molecule has 3 atom stereocenters. The van der Waals surface area contributed by atoms with Crippen molar-refractivity contribution in [1.82, 2.24) is 10.6 Å². The molecular weight excluding hydrogens is 376 g/mol. The monoisotopic (exact) mass is 408 g/mol. The van der Waals surface area contributed by atoms with Crippen LogP contribution in [0.1, 0.15) is 39.5 Å². The number of anilines is 1.